The van der Waals surface area contributed by atoms with Gasteiger partial charge in [0.25, 0.3) is 11.8 Å². The second-order valence-electron chi connectivity index (χ2n) is 8.37. The molecule has 3 heterocycles. The predicted octanol–water partition coefficient (Wildman–Crippen LogP) is 3.03. The zero-order chi connectivity index (χ0) is 21.9. The zero-order valence-corrected chi connectivity index (χ0v) is 17.9. The smallest absolute Gasteiger partial charge is 0.253 e. The number of aromatic nitrogens is 1. The summed E-state index contributed by atoms with van der Waals surface area (Å²) in [6.07, 6.45) is 3.52. The Kier molecular flexibility index (Phi) is 5.69. The summed E-state index contributed by atoms with van der Waals surface area (Å²) in [5, 5.41) is 0. The van der Waals surface area contributed by atoms with Crippen molar-refractivity contribution in [2.75, 3.05) is 39.3 Å². The van der Waals surface area contributed by atoms with Crippen molar-refractivity contribution >= 4 is 11.8 Å². The van der Waals surface area contributed by atoms with Crippen LogP contribution in [0.4, 0.5) is 0 Å². The molecular weight excluding hydrogens is 400 g/mol. The molecule has 0 aliphatic carbocycles. The number of nitrogens with zero attached hydrogens (tertiary/aromatic N) is 4. The van der Waals surface area contributed by atoms with Gasteiger partial charge in [-0.3, -0.25) is 19.5 Å². The predicted molar refractivity (Wildman–Crippen MR) is 123 cm³/mol. The van der Waals surface area contributed by atoms with Crippen LogP contribution in [0.2, 0.25) is 0 Å². The number of carbonyl (C=O) groups is 2. The van der Waals surface area contributed by atoms with Crippen molar-refractivity contribution in [2.45, 2.75) is 6.04 Å². The maximum absolute atomic E-state index is 13.0. The number of likely N-dealkylation sites (tertiary alicyclic amines) is 1. The van der Waals surface area contributed by atoms with Gasteiger partial charge in [0.15, 0.2) is 0 Å². The minimum absolute atomic E-state index is 0.0787. The number of hydrogen-bond donors (Lipinski definition) is 0. The lowest BCUT2D eigenvalue weighted by molar-refractivity contribution is 0.00854. The molecule has 2 aliphatic rings. The molecule has 2 fully saturated rings. The van der Waals surface area contributed by atoms with Gasteiger partial charge in [0.1, 0.15) is 0 Å². The standard InChI is InChI=1S/C26H26N4O2/c31-25(21-5-2-1-3-6-21)29-15-13-28(14-16-29)24-18-30(19-24)26(32)23-8-4-7-22(17-23)20-9-11-27-12-10-20/h1-12,17,24H,13-16,18-19H2. The lowest BCUT2D eigenvalue weighted by atomic mass is 10.0. The molecule has 0 saturated carbocycles. The van der Waals surface area contributed by atoms with Crippen molar-refractivity contribution in [3.8, 4) is 11.1 Å². The van der Waals surface area contributed by atoms with E-state index in [9.17, 15) is 9.59 Å². The highest BCUT2D eigenvalue weighted by molar-refractivity contribution is 5.96. The number of rotatable bonds is 4. The van der Waals surface area contributed by atoms with Crippen LogP contribution in [-0.2, 0) is 0 Å². The van der Waals surface area contributed by atoms with Gasteiger partial charge >= 0.3 is 0 Å². The van der Waals surface area contributed by atoms with Gasteiger partial charge in [-0.05, 0) is 47.5 Å². The highest BCUT2D eigenvalue weighted by Crippen LogP contribution is 2.23. The Morgan fingerprint density at radius 2 is 1.34 bits per heavy atom. The van der Waals surface area contributed by atoms with E-state index in [1.807, 2.05) is 76.5 Å². The Morgan fingerprint density at radius 1 is 0.688 bits per heavy atom. The fraction of sp³-hybridized carbons (Fsp3) is 0.269. The van der Waals surface area contributed by atoms with Crippen LogP contribution >= 0.6 is 0 Å². The van der Waals surface area contributed by atoms with Crippen molar-refractivity contribution in [3.05, 3.63) is 90.3 Å². The number of amides is 2. The summed E-state index contributed by atoms with van der Waals surface area (Å²) < 4.78 is 0. The molecule has 2 saturated heterocycles. The van der Waals surface area contributed by atoms with Gasteiger partial charge < -0.3 is 9.80 Å². The van der Waals surface area contributed by atoms with Crippen LogP contribution in [0.1, 0.15) is 20.7 Å². The number of piperazine rings is 1. The fourth-order valence-corrected chi connectivity index (χ4v) is 4.46. The molecule has 0 unspecified atom stereocenters. The summed E-state index contributed by atoms with van der Waals surface area (Å²) >= 11 is 0. The van der Waals surface area contributed by atoms with E-state index in [2.05, 4.69) is 9.88 Å². The van der Waals surface area contributed by atoms with E-state index in [-0.39, 0.29) is 11.8 Å². The highest BCUT2D eigenvalue weighted by atomic mass is 16.2. The van der Waals surface area contributed by atoms with E-state index in [1.54, 1.807) is 12.4 Å². The third kappa shape index (κ3) is 4.14. The first-order valence-electron chi connectivity index (χ1n) is 11.1. The normalized spacial score (nSPS) is 17.1. The molecule has 2 aromatic carbocycles. The molecular formula is C26H26N4O2. The Hall–Kier alpha value is -3.51. The summed E-state index contributed by atoms with van der Waals surface area (Å²) in [5.74, 6) is 0.180. The Balaban J connectivity index is 1.14. The van der Waals surface area contributed by atoms with Crippen molar-refractivity contribution in [2.24, 2.45) is 0 Å². The number of carbonyl (C=O) groups excluding carboxylic acids is 2. The lowest BCUT2D eigenvalue weighted by Crippen LogP contribution is -2.64. The van der Waals surface area contributed by atoms with E-state index in [0.717, 1.165) is 61.5 Å². The van der Waals surface area contributed by atoms with E-state index < -0.39 is 0 Å². The molecule has 3 aromatic rings. The maximum atomic E-state index is 13.0. The minimum Gasteiger partial charge on any atom is -0.336 e. The van der Waals surface area contributed by atoms with Gasteiger partial charge in [-0.15, -0.1) is 0 Å². The van der Waals surface area contributed by atoms with Crippen molar-refractivity contribution in [1.29, 1.82) is 0 Å². The topological polar surface area (TPSA) is 56.8 Å². The van der Waals surface area contributed by atoms with Gasteiger partial charge in [-0.25, -0.2) is 0 Å². The first-order valence-corrected chi connectivity index (χ1v) is 11.1. The van der Waals surface area contributed by atoms with Crippen LogP contribution in [0.15, 0.2) is 79.1 Å². The van der Waals surface area contributed by atoms with E-state index in [1.165, 1.54) is 0 Å². The van der Waals surface area contributed by atoms with Gasteiger partial charge in [0.2, 0.25) is 0 Å². The Labute approximate surface area is 188 Å². The molecule has 2 aliphatic heterocycles. The largest absolute Gasteiger partial charge is 0.336 e. The van der Waals surface area contributed by atoms with Crippen LogP contribution in [0, 0.1) is 0 Å². The molecule has 0 radical (unpaired) electrons. The Morgan fingerprint density at radius 3 is 2.06 bits per heavy atom. The maximum Gasteiger partial charge on any atom is 0.253 e. The van der Waals surface area contributed by atoms with Crippen molar-refractivity contribution in [3.63, 3.8) is 0 Å². The van der Waals surface area contributed by atoms with Crippen LogP contribution in [0.5, 0.6) is 0 Å². The summed E-state index contributed by atoms with van der Waals surface area (Å²) in [4.78, 5) is 35.9. The van der Waals surface area contributed by atoms with Crippen LogP contribution < -0.4 is 0 Å². The Bertz CT molecular complexity index is 1090. The molecule has 162 valence electrons. The molecule has 0 bridgehead atoms. The molecule has 0 N–H and O–H groups in total. The third-order valence-corrected chi connectivity index (χ3v) is 6.41. The lowest BCUT2D eigenvalue weighted by Gasteiger charge is -2.48. The van der Waals surface area contributed by atoms with Crippen LogP contribution in [0.3, 0.4) is 0 Å². The average Bonchev–Trinajstić information content (AvgIpc) is 2.84. The number of pyridine rings is 1. The molecule has 0 atom stereocenters. The van der Waals surface area contributed by atoms with Gasteiger partial charge in [-0.2, -0.15) is 0 Å². The van der Waals surface area contributed by atoms with E-state index in [0.29, 0.717) is 6.04 Å². The van der Waals surface area contributed by atoms with E-state index in [4.69, 9.17) is 0 Å². The fourth-order valence-electron chi connectivity index (χ4n) is 4.46. The number of hydrogen-bond acceptors (Lipinski definition) is 4. The summed E-state index contributed by atoms with van der Waals surface area (Å²) in [6.45, 7) is 4.64. The first kappa shape index (κ1) is 20.4. The summed E-state index contributed by atoms with van der Waals surface area (Å²) in [6, 6.07) is 21.5. The zero-order valence-electron chi connectivity index (χ0n) is 17.9. The van der Waals surface area contributed by atoms with Crippen molar-refractivity contribution in [1.82, 2.24) is 19.7 Å². The monoisotopic (exact) mass is 426 g/mol. The number of benzene rings is 2. The van der Waals surface area contributed by atoms with Gasteiger partial charge in [0.05, 0.1) is 0 Å². The second-order valence-corrected chi connectivity index (χ2v) is 8.37. The van der Waals surface area contributed by atoms with Gasteiger partial charge in [0, 0.05) is 68.8 Å². The summed E-state index contributed by atoms with van der Waals surface area (Å²) in [7, 11) is 0. The van der Waals surface area contributed by atoms with Crippen LogP contribution in [-0.4, -0.2) is 76.8 Å². The molecule has 32 heavy (non-hydrogen) atoms. The minimum atomic E-state index is 0.0787. The summed E-state index contributed by atoms with van der Waals surface area (Å²) in [5.41, 5.74) is 3.54. The first-order chi connectivity index (χ1) is 15.7. The SMILES string of the molecule is O=C(c1ccccc1)N1CCN(C2CN(C(=O)c3cccc(-c4ccncc4)c3)C2)CC1. The molecule has 1 aromatic heterocycles. The van der Waals surface area contributed by atoms with Crippen LogP contribution in [0.25, 0.3) is 11.1 Å². The molecule has 6 heteroatoms. The third-order valence-electron chi connectivity index (χ3n) is 6.41. The van der Waals surface area contributed by atoms with E-state index >= 15 is 0 Å². The quantitative estimate of drug-likeness (QED) is 0.644. The van der Waals surface area contributed by atoms with Crippen molar-refractivity contribution < 1.29 is 9.59 Å². The molecule has 5 rings (SSSR count). The molecule has 0 spiro atoms. The average molecular weight is 427 g/mol. The highest BCUT2D eigenvalue weighted by Gasteiger charge is 2.37. The van der Waals surface area contributed by atoms with Gasteiger partial charge in [-0.1, -0.05) is 30.3 Å². The molecule has 2 amide bonds. The second kappa shape index (κ2) is 8.93. The molecule has 6 nitrogen and oxygen atoms in total.